The van der Waals surface area contributed by atoms with Crippen molar-refractivity contribution in [2.24, 2.45) is 5.92 Å². The van der Waals surface area contributed by atoms with Crippen LogP contribution >= 0.6 is 0 Å². The smallest absolute Gasteiger partial charge is 0.0190 e. The van der Waals surface area contributed by atoms with Gasteiger partial charge in [0.25, 0.3) is 0 Å². The predicted molar refractivity (Wildman–Crippen MR) is 67.1 cm³/mol. The average Bonchev–Trinajstić information content (AvgIpc) is 2.28. The van der Waals surface area contributed by atoms with Gasteiger partial charge in [-0.2, -0.15) is 0 Å². The van der Waals surface area contributed by atoms with Crippen LogP contribution in [0.25, 0.3) is 0 Å². The molecule has 0 atom stereocenters. The molecule has 0 radical (unpaired) electrons. The van der Waals surface area contributed by atoms with Crippen LogP contribution in [0.5, 0.6) is 0 Å². The van der Waals surface area contributed by atoms with Gasteiger partial charge in [-0.05, 0) is 51.4 Å². The molecule has 1 saturated heterocycles. The van der Waals surface area contributed by atoms with E-state index >= 15 is 0 Å². The Morgan fingerprint density at radius 1 is 1.33 bits per heavy atom. The van der Waals surface area contributed by atoms with Crippen molar-refractivity contribution < 1.29 is 0 Å². The van der Waals surface area contributed by atoms with Gasteiger partial charge in [-0.1, -0.05) is 26.0 Å². The zero-order valence-corrected chi connectivity index (χ0v) is 10.4. The summed E-state index contributed by atoms with van der Waals surface area (Å²) in [5, 5.41) is 3.45. The van der Waals surface area contributed by atoms with Gasteiger partial charge in [0.2, 0.25) is 0 Å². The number of piperidine rings is 1. The minimum absolute atomic E-state index is 0.899. The van der Waals surface area contributed by atoms with E-state index in [1.54, 1.807) is 0 Å². The van der Waals surface area contributed by atoms with Crippen molar-refractivity contribution in [1.82, 2.24) is 10.2 Å². The molecule has 2 heteroatoms. The van der Waals surface area contributed by atoms with E-state index in [1.165, 1.54) is 38.0 Å². The SMILES string of the molecule is C=C(CC)CN1CCC(CNCC)CC1. The van der Waals surface area contributed by atoms with Crippen molar-refractivity contribution in [3.05, 3.63) is 12.2 Å². The van der Waals surface area contributed by atoms with E-state index in [-0.39, 0.29) is 0 Å². The number of likely N-dealkylation sites (tertiary alicyclic amines) is 1. The fraction of sp³-hybridized carbons (Fsp3) is 0.846. The van der Waals surface area contributed by atoms with Gasteiger partial charge in [0.15, 0.2) is 0 Å². The van der Waals surface area contributed by atoms with Crippen LogP contribution in [0.2, 0.25) is 0 Å². The highest BCUT2D eigenvalue weighted by molar-refractivity contribution is 4.96. The van der Waals surface area contributed by atoms with E-state index in [1.807, 2.05) is 0 Å². The molecule has 15 heavy (non-hydrogen) atoms. The molecular formula is C13H26N2. The van der Waals surface area contributed by atoms with Crippen LogP contribution in [-0.4, -0.2) is 37.6 Å². The van der Waals surface area contributed by atoms with E-state index in [0.717, 1.165) is 25.4 Å². The Kier molecular flexibility index (Phi) is 5.96. The van der Waals surface area contributed by atoms with Gasteiger partial charge in [-0.15, -0.1) is 0 Å². The molecule has 0 aromatic carbocycles. The van der Waals surface area contributed by atoms with Gasteiger partial charge in [0.1, 0.15) is 0 Å². The standard InChI is InChI=1S/C13H26N2/c1-4-12(3)11-15-8-6-13(7-9-15)10-14-5-2/h13-14H,3-11H2,1-2H3. The summed E-state index contributed by atoms with van der Waals surface area (Å²) in [6.45, 7) is 14.4. The van der Waals surface area contributed by atoms with Crippen LogP contribution in [0.3, 0.4) is 0 Å². The minimum Gasteiger partial charge on any atom is -0.317 e. The molecule has 1 rings (SSSR count). The largest absolute Gasteiger partial charge is 0.317 e. The molecule has 0 bridgehead atoms. The van der Waals surface area contributed by atoms with Gasteiger partial charge in [-0.25, -0.2) is 0 Å². The molecule has 1 N–H and O–H groups in total. The van der Waals surface area contributed by atoms with E-state index in [0.29, 0.717) is 0 Å². The maximum Gasteiger partial charge on any atom is 0.0190 e. The molecule has 1 aliphatic heterocycles. The third-order valence-corrected chi connectivity index (χ3v) is 3.34. The van der Waals surface area contributed by atoms with Crippen LogP contribution in [-0.2, 0) is 0 Å². The fourth-order valence-electron chi connectivity index (χ4n) is 2.13. The molecule has 1 aliphatic rings. The van der Waals surface area contributed by atoms with Crippen LogP contribution < -0.4 is 5.32 Å². The summed E-state index contributed by atoms with van der Waals surface area (Å²) in [4.78, 5) is 2.55. The first-order chi connectivity index (χ1) is 7.26. The Hall–Kier alpha value is -0.340. The molecule has 88 valence electrons. The molecule has 1 fully saturated rings. The van der Waals surface area contributed by atoms with Crippen LogP contribution in [0.15, 0.2) is 12.2 Å². The van der Waals surface area contributed by atoms with Gasteiger partial charge in [0.05, 0.1) is 0 Å². The fourth-order valence-corrected chi connectivity index (χ4v) is 2.13. The number of hydrogen-bond donors (Lipinski definition) is 1. The minimum atomic E-state index is 0.899. The number of rotatable bonds is 6. The molecule has 0 amide bonds. The van der Waals surface area contributed by atoms with Crippen LogP contribution in [0.4, 0.5) is 0 Å². The van der Waals surface area contributed by atoms with E-state index in [4.69, 9.17) is 0 Å². The highest BCUT2D eigenvalue weighted by Gasteiger charge is 2.18. The number of hydrogen-bond acceptors (Lipinski definition) is 2. The Labute approximate surface area is 94.7 Å². The predicted octanol–water partition coefficient (Wildman–Crippen LogP) is 2.27. The Morgan fingerprint density at radius 3 is 2.53 bits per heavy atom. The Morgan fingerprint density at radius 2 is 2.00 bits per heavy atom. The lowest BCUT2D eigenvalue weighted by Gasteiger charge is -2.32. The molecule has 2 nitrogen and oxygen atoms in total. The van der Waals surface area contributed by atoms with E-state index < -0.39 is 0 Å². The first-order valence-corrected chi connectivity index (χ1v) is 6.36. The normalized spacial score (nSPS) is 19.3. The second kappa shape index (κ2) is 7.02. The second-order valence-electron chi connectivity index (χ2n) is 4.63. The molecule has 1 heterocycles. The molecule has 0 unspecified atom stereocenters. The van der Waals surface area contributed by atoms with E-state index in [9.17, 15) is 0 Å². The summed E-state index contributed by atoms with van der Waals surface area (Å²) < 4.78 is 0. The zero-order chi connectivity index (χ0) is 11.1. The molecule has 0 spiro atoms. The topological polar surface area (TPSA) is 15.3 Å². The summed E-state index contributed by atoms with van der Waals surface area (Å²) in [6.07, 6.45) is 3.82. The highest BCUT2D eigenvalue weighted by atomic mass is 15.1. The monoisotopic (exact) mass is 210 g/mol. The lowest BCUT2D eigenvalue weighted by atomic mass is 9.96. The molecule has 0 saturated carbocycles. The summed E-state index contributed by atoms with van der Waals surface area (Å²) in [7, 11) is 0. The Bertz CT molecular complexity index is 181. The molecular weight excluding hydrogens is 184 g/mol. The lowest BCUT2D eigenvalue weighted by Crippen LogP contribution is -2.38. The first kappa shape index (κ1) is 12.7. The lowest BCUT2D eigenvalue weighted by molar-refractivity contribution is 0.194. The maximum atomic E-state index is 4.08. The molecule has 0 aromatic heterocycles. The van der Waals surface area contributed by atoms with Crippen molar-refractivity contribution in [2.75, 3.05) is 32.7 Å². The van der Waals surface area contributed by atoms with E-state index in [2.05, 4.69) is 30.6 Å². The number of nitrogens with one attached hydrogen (secondary N) is 1. The van der Waals surface area contributed by atoms with Crippen LogP contribution in [0.1, 0.15) is 33.1 Å². The summed E-state index contributed by atoms with van der Waals surface area (Å²) >= 11 is 0. The summed E-state index contributed by atoms with van der Waals surface area (Å²) in [5.74, 6) is 0.899. The zero-order valence-electron chi connectivity index (χ0n) is 10.4. The summed E-state index contributed by atoms with van der Waals surface area (Å²) in [5.41, 5.74) is 1.38. The van der Waals surface area contributed by atoms with Gasteiger partial charge < -0.3 is 5.32 Å². The maximum absolute atomic E-state index is 4.08. The van der Waals surface area contributed by atoms with Crippen molar-refractivity contribution in [2.45, 2.75) is 33.1 Å². The van der Waals surface area contributed by atoms with Crippen LogP contribution in [0, 0.1) is 5.92 Å². The first-order valence-electron chi connectivity index (χ1n) is 6.36. The second-order valence-corrected chi connectivity index (χ2v) is 4.63. The third kappa shape index (κ3) is 4.80. The highest BCUT2D eigenvalue weighted by Crippen LogP contribution is 2.17. The average molecular weight is 210 g/mol. The third-order valence-electron chi connectivity index (χ3n) is 3.34. The van der Waals surface area contributed by atoms with Crippen molar-refractivity contribution in [3.8, 4) is 0 Å². The van der Waals surface area contributed by atoms with Gasteiger partial charge in [0, 0.05) is 6.54 Å². The molecule has 0 aliphatic carbocycles. The number of nitrogens with zero attached hydrogens (tertiary/aromatic N) is 1. The van der Waals surface area contributed by atoms with Gasteiger partial charge >= 0.3 is 0 Å². The van der Waals surface area contributed by atoms with Crippen molar-refractivity contribution >= 4 is 0 Å². The van der Waals surface area contributed by atoms with Gasteiger partial charge in [-0.3, -0.25) is 4.90 Å². The summed E-state index contributed by atoms with van der Waals surface area (Å²) in [6, 6.07) is 0. The Balaban J connectivity index is 2.15. The molecule has 0 aromatic rings. The quantitative estimate of drug-likeness (QED) is 0.677. The van der Waals surface area contributed by atoms with Crippen molar-refractivity contribution in [1.29, 1.82) is 0 Å². The van der Waals surface area contributed by atoms with Crippen molar-refractivity contribution in [3.63, 3.8) is 0 Å².